The van der Waals surface area contributed by atoms with Crippen LogP contribution in [0.5, 0.6) is 0 Å². The zero-order valence-electron chi connectivity index (χ0n) is 8.04. The van der Waals surface area contributed by atoms with Gasteiger partial charge in [-0.05, 0) is 13.3 Å². The van der Waals surface area contributed by atoms with Crippen molar-refractivity contribution in [1.82, 2.24) is 9.97 Å². The smallest absolute Gasteiger partial charge is 0.252 e. The first-order valence-electron chi connectivity index (χ1n) is 4.59. The van der Waals surface area contributed by atoms with Crippen molar-refractivity contribution in [3.63, 3.8) is 0 Å². The third kappa shape index (κ3) is 1.93. The van der Waals surface area contributed by atoms with Gasteiger partial charge in [0.15, 0.2) is 0 Å². The van der Waals surface area contributed by atoms with E-state index in [4.69, 9.17) is 4.74 Å². The van der Waals surface area contributed by atoms with Crippen molar-refractivity contribution in [3.8, 4) is 0 Å². The number of rotatable bonds is 2. The summed E-state index contributed by atoms with van der Waals surface area (Å²) in [5, 5.41) is 3.20. The summed E-state index contributed by atoms with van der Waals surface area (Å²) < 4.78 is 5.29. The number of hydrogen-bond donors (Lipinski definition) is 2. The van der Waals surface area contributed by atoms with Crippen molar-refractivity contribution in [1.29, 1.82) is 0 Å². The molecule has 1 aliphatic rings. The Morgan fingerprint density at radius 3 is 3.21 bits per heavy atom. The SMILES string of the molecule is CC1(Nc2cc(=O)[nH]cn2)CCOC1. The molecule has 2 N–H and O–H groups in total. The fraction of sp³-hybridized carbons (Fsp3) is 0.556. The fourth-order valence-electron chi connectivity index (χ4n) is 1.51. The molecular formula is C9H13N3O2. The van der Waals surface area contributed by atoms with Crippen molar-refractivity contribution in [2.75, 3.05) is 18.5 Å². The molecule has 0 radical (unpaired) electrons. The first-order chi connectivity index (χ1) is 6.68. The minimum Gasteiger partial charge on any atom is -0.379 e. The zero-order chi connectivity index (χ0) is 10.0. The van der Waals surface area contributed by atoms with Gasteiger partial charge in [-0.15, -0.1) is 0 Å². The lowest BCUT2D eigenvalue weighted by Gasteiger charge is -2.23. The molecule has 1 unspecified atom stereocenters. The standard InChI is InChI=1S/C9H13N3O2/c1-9(2-3-14-5-9)12-7-4-8(13)11-6-10-7/h4,6H,2-3,5H2,1H3,(H2,10,11,12,13). The van der Waals surface area contributed by atoms with E-state index in [2.05, 4.69) is 22.2 Å². The second kappa shape index (κ2) is 3.42. The van der Waals surface area contributed by atoms with E-state index in [1.54, 1.807) is 0 Å². The highest BCUT2D eigenvalue weighted by Crippen LogP contribution is 2.21. The number of ether oxygens (including phenoxy) is 1. The molecule has 0 bridgehead atoms. The second-order valence-electron chi connectivity index (χ2n) is 3.78. The number of nitrogens with one attached hydrogen (secondary N) is 2. The predicted molar refractivity (Wildman–Crippen MR) is 52.3 cm³/mol. The summed E-state index contributed by atoms with van der Waals surface area (Å²) in [6.45, 7) is 3.47. The third-order valence-corrected chi connectivity index (χ3v) is 2.33. The number of anilines is 1. The Morgan fingerprint density at radius 2 is 2.57 bits per heavy atom. The summed E-state index contributed by atoms with van der Waals surface area (Å²) in [5.74, 6) is 0.599. The van der Waals surface area contributed by atoms with E-state index in [1.165, 1.54) is 12.4 Å². The van der Waals surface area contributed by atoms with E-state index in [-0.39, 0.29) is 11.1 Å². The summed E-state index contributed by atoms with van der Waals surface area (Å²) in [6.07, 6.45) is 2.32. The Bertz CT molecular complexity index is 368. The lowest BCUT2D eigenvalue weighted by Crippen LogP contribution is -2.35. The van der Waals surface area contributed by atoms with Crippen LogP contribution < -0.4 is 10.9 Å². The molecule has 0 aromatic carbocycles. The molecule has 2 rings (SSSR count). The van der Waals surface area contributed by atoms with Gasteiger partial charge in [-0.25, -0.2) is 4.98 Å². The molecule has 1 saturated heterocycles. The van der Waals surface area contributed by atoms with Crippen LogP contribution in [0.1, 0.15) is 13.3 Å². The Balaban J connectivity index is 2.14. The van der Waals surface area contributed by atoms with Crippen LogP contribution in [-0.2, 0) is 4.74 Å². The van der Waals surface area contributed by atoms with Crippen LogP contribution in [0.3, 0.4) is 0 Å². The molecule has 5 heteroatoms. The van der Waals surface area contributed by atoms with Gasteiger partial charge < -0.3 is 15.0 Å². The summed E-state index contributed by atoms with van der Waals surface area (Å²) in [6, 6.07) is 1.45. The number of nitrogens with zero attached hydrogens (tertiary/aromatic N) is 1. The summed E-state index contributed by atoms with van der Waals surface area (Å²) in [5.41, 5.74) is -0.245. The van der Waals surface area contributed by atoms with Crippen LogP contribution in [0, 0.1) is 0 Å². The minimum atomic E-state index is -0.148. The van der Waals surface area contributed by atoms with Gasteiger partial charge in [0.05, 0.1) is 18.5 Å². The van der Waals surface area contributed by atoms with Gasteiger partial charge >= 0.3 is 0 Å². The van der Waals surface area contributed by atoms with Crippen LogP contribution in [0.15, 0.2) is 17.2 Å². The molecule has 0 amide bonds. The third-order valence-electron chi connectivity index (χ3n) is 2.33. The lowest BCUT2D eigenvalue weighted by atomic mass is 10.0. The molecule has 0 aliphatic carbocycles. The number of aromatic amines is 1. The normalized spacial score (nSPS) is 26.4. The van der Waals surface area contributed by atoms with Gasteiger partial charge in [0.1, 0.15) is 5.82 Å². The maximum absolute atomic E-state index is 11.0. The average molecular weight is 195 g/mol. The lowest BCUT2D eigenvalue weighted by molar-refractivity contribution is 0.185. The maximum Gasteiger partial charge on any atom is 0.252 e. The predicted octanol–water partition coefficient (Wildman–Crippen LogP) is 0.361. The molecule has 1 aromatic heterocycles. The van der Waals surface area contributed by atoms with Crippen molar-refractivity contribution in [2.24, 2.45) is 0 Å². The van der Waals surface area contributed by atoms with Crippen molar-refractivity contribution < 1.29 is 4.74 Å². The molecule has 1 fully saturated rings. The van der Waals surface area contributed by atoms with Gasteiger partial charge in [0, 0.05) is 12.7 Å². The summed E-state index contributed by atoms with van der Waals surface area (Å²) in [7, 11) is 0. The first kappa shape index (κ1) is 9.21. The quantitative estimate of drug-likeness (QED) is 0.715. The number of H-pyrrole nitrogens is 1. The fourth-order valence-corrected chi connectivity index (χ4v) is 1.51. The van der Waals surface area contributed by atoms with Crippen molar-refractivity contribution in [2.45, 2.75) is 18.9 Å². The molecule has 14 heavy (non-hydrogen) atoms. The Morgan fingerprint density at radius 1 is 1.71 bits per heavy atom. The molecule has 76 valence electrons. The van der Waals surface area contributed by atoms with Crippen molar-refractivity contribution in [3.05, 3.63) is 22.7 Å². The Kier molecular flexibility index (Phi) is 2.25. The minimum absolute atomic E-state index is 0.0964. The first-order valence-corrected chi connectivity index (χ1v) is 4.59. The Labute approximate surface area is 81.5 Å². The van der Waals surface area contributed by atoms with E-state index >= 15 is 0 Å². The van der Waals surface area contributed by atoms with Gasteiger partial charge in [0.25, 0.3) is 5.56 Å². The van der Waals surface area contributed by atoms with Gasteiger partial charge in [-0.3, -0.25) is 4.79 Å². The summed E-state index contributed by atoms with van der Waals surface area (Å²) >= 11 is 0. The Hall–Kier alpha value is -1.36. The van der Waals surface area contributed by atoms with Crippen LogP contribution in [0.2, 0.25) is 0 Å². The second-order valence-corrected chi connectivity index (χ2v) is 3.78. The number of hydrogen-bond acceptors (Lipinski definition) is 4. The van der Waals surface area contributed by atoms with Gasteiger partial charge in [-0.1, -0.05) is 0 Å². The van der Waals surface area contributed by atoms with Crippen LogP contribution >= 0.6 is 0 Å². The van der Waals surface area contributed by atoms with Crippen LogP contribution in [0.4, 0.5) is 5.82 Å². The molecule has 0 saturated carbocycles. The highest BCUT2D eigenvalue weighted by molar-refractivity contribution is 5.35. The molecular weight excluding hydrogens is 182 g/mol. The van der Waals surface area contributed by atoms with E-state index in [0.717, 1.165) is 13.0 Å². The van der Waals surface area contributed by atoms with Gasteiger partial charge in [0.2, 0.25) is 0 Å². The van der Waals surface area contributed by atoms with Crippen LogP contribution in [-0.4, -0.2) is 28.7 Å². The molecule has 1 aliphatic heterocycles. The number of aromatic nitrogens is 2. The zero-order valence-corrected chi connectivity index (χ0v) is 8.04. The topological polar surface area (TPSA) is 67.0 Å². The van der Waals surface area contributed by atoms with E-state index in [9.17, 15) is 4.79 Å². The van der Waals surface area contributed by atoms with Crippen molar-refractivity contribution >= 4 is 5.82 Å². The van der Waals surface area contributed by atoms with E-state index in [1.807, 2.05) is 0 Å². The highest BCUT2D eigenvalue weighted by atomic mass is 16.5. The van der Waals surface area contributed by atoms with Gasteiger partial charge in [-0.2, -0.15) is 0 Å². The van der Waals surface area contributed by atoms with E-state index in [0.29, 0.717) is 12.4 Å². The highest BCUT2D eigenvalue weighted by Gasteiger charge is 2.29. The molecule has 1 atom stereocenters. The average Bonchev–Trinajstić information content (AvgIpc) is 2.51. The van der Waals surface area contributed by atoms with Crippen LogP contribution in [0.25, 0.3) is 0 Å². The molecule has 1 aromatic rings. The maximum atomic E-state index is 11.0. The largest absolute Gasteiger partial charge is 0.379 e. The molecule has 2 heterocycles. The monoisotopic (exact) mass is 195 g/mol. The molecule has 0 spiro atoms. The summed E-state index contributed by atoms with van der Waals surface area (Å²) in [4.78, 5) is 17.5. The van der Waals surface area contributed by atoms with E-state index < -0.39 is 0 Å². The molecule has 5 nitrogen and oxygen atoms in total.